The molecule has 2 saturated carbocycles. The molecule has 1 atom stereocenters. The summed E-state index contributed by atoms with van der Waals surface area (Å²) in [6.45, 7) is 4.51. The van der Waals surface area contributed by atoms with Crippen LogP contribution in [0.15, 0.2) is 0 Å². The van der Waals surface area contributed by atoms with Gasteiger partial charge in [0, 0.05) is 12.3 Å². The average molecular weight is 263 g/mol. The highest BCUT2D eigenvalue weighted by molar-refractivity contribution is 6.00. The van der Waals surface area contributed by atoms with E-state index >= 15 is 0 Å². The van der Waals surface area contributed by atoms with Crippen molar-refractivity contribution in [3.05, 3.63) is 0 Å². The zero-order chi connectivity index (χ0) is 13.6. The van der Waals surface area contributed by atoms with Crippen LogP contribution in [0.5, 0.6) is 0 Å². The van der Waals surface area contributed by atoms with E-state index in [-0.39, 0.29) is 23.1 Å². The van der Waals surface area contributed by atoms with E-state index in [4.69, 9.17) is 0 Å². The van der Waals surface area contributed by atoms with Crippen molar-refractivity contribution in [1.29, 1.82) is 0 Å². The van der Waals surface area contributed by atoms with Crippen molar-refractivity contribution in [2.24, 2.45) is 29.1 Å². The molecule has 2 amide bonds. The van der Waals surface area contributed by atoms with Gasteiger partial charge in [-0.25, -0.2) is 0 Å². The van der Waals surface area contributed by atoms with Gasteiger partial charge in [-0.15, -0.1) is 0 Å². The van der Waals surface area contributed by atoms with Gasteiger partial charge >= 0.3 is 0 Å². The lowest BCUT2D eigenvalue weighted by molar-refractivity contribution is -0.157. The lowest BCUT2D eigenvalue weighted by Gasteiger charge is -2.56. The minimum Gasteiger partial charge on any atom is -0.296 e. The Bertz CT molecular complexity index is 390. The number of hydrogen-bond acceptors (Lipinski definition) is 2. The van der Waals surface area contributed by atoms with Crippen molar-refractivity contribution in [2.45, 2.75) is 58.8 Å². The average Bonchev–Trinajstić information content (AvgIpc) is 2.77. The highest BCUT2D eigenvalue weighted by Crippen LogP contribution is 2.60. The lowest BCUT2D eigenvalue weighted by Crippen LogP contribution is -2.59. The molecule has 2 aliphatic carbocycles. The second-order valence-corrected chi connectivity index (χ2v) is 7.39. The molecule has 0 bridgehead atoms. The Hall–Kier alpha value is -0.860. The molecule has 3 aliphatic rings. The third-order valence-electron chi connectivity index (χ3n) is 5.87. The maximum atomic E-state index is 12.3. The zero-order valence-corrected chi connectivity index (χ0v) is 12.1. The first-order valence-electron chi connectivity index (χ1n) is 7.85. The van der Waals surface area contributed by atoms with E-state index in [1.54, 1.807) is 0 Å². The molecule has 3 rings (SSSR count). The molecule has 19 heavy (non-hydrogen) atoms. The monoisotopic (exact) mass is 263 g/mol. The quantitative estimate of drug-likeness (QED) is 0.779. The Morgan fingerprint density at radius 1 is 1.16 bits per heavy atom. The van der Waals surface area contributed by atoms with E-state index in [0.717, 1.165) is 12.8 Å². The first kappa shape index (κ1) is 13.1. The SMILES string of the molecule is CC(C)C1CC2(CC(=O)NC(=O)C2C2CCCC2)C1. The van der Waals surface area contributed by atoms with Gasteiger partial charge in [-0.1, -0.05) is 26.7 Å². The minimum absolute atomic E-state index is 0.0172. The van der Waals surface area contributed by atoms with Gasteiger partial charge in [0.15, 0.2) is 0 Å². The summed E-state index contributed by atoms with van der Waals surface area (Å²) >= 11 is 0. The van der Waals surface area contributed by atoms with Crippen LogP contribution in [0.4, 0.5) is 0 Å². The molecule has 3 nitrogen and oxygen atoms in total. The fourth-order valence-electron chi connectivity index (χ4n) is 4.83. The van der Waals surface area contributed by atoms with Crippen molar-refractivity contribution in [3.63, 3.8) is 0 Å². The maximum Gasteiger partial charge on any atom is 0.230 e. The number of amides is 2. The summed E-state index contributed by atoms with van der Waals surface area (Å²) in [6.07, 6.45) is 7.64. The first-order valence-corrected chi connectivity index (χ1v) is 7.85. The highest BCUT2D eigenvalue weighted by Gasteiger charge is 2.58. The molecule has 1 N–H and O–H groups in total. The maximum absolute atomic E-state index is 12.3. The van der Waals surface area contributed by atoms with Crippen LogP contribution < -0.4 is 5.32 Å². The van der Waals surface area contributed by atoms with Crippen molar-refractivity contribution < 1.29 is 9.59 Å². The van der Waals surface area contributed by atoms with Crippen LogP contribution in [0.3, 0.4) is 0 Å². The highest BCUT2D eigenvalue weighted by atomic mass is 16.2. The van der Waals surface area contributed by atoms with Crippen LogP contribution in [0.25, 0.3) is 0 Å². The molecule has 106 valence electrons. The molecule has 1 aliphatic heterocycles. The van der Waals surface area contributed by atoms with Crippen molar-refractivity contribution in [2.75, 3.05) is 0 Å². The molecule has 0 aromatic rings. The van der Waals surface area contributed by atoms with Gasteiger partial charge in [-0.3, -0.25) is 14.9 Å². The van der Waals surface area contributed by atoms with Crippen molar-refractivity contribution in [1.82, 2.24) is 5.32 Å². The third kappa shape index (κ3) is 2.11. The number of imide groups is 1. The predicted octanol–water partition coefficient (Wildman–Crippen LogP) is 2.89. The van der Waals surface area contributed by atoms with E-state index in [1.807, 2.05) is 0 Å². The Labute approximate surface area is 115 Å². The number of carbonyl (C=O) groups excluding carboxylic acids is 2. The normalized spacial score (nSPS) is 39.7. The molecule has 0 aromatic heterocycles. The molecule has 0 radical (unpaired) electrons. The van der Waals surface area contributed by atoms with Crippen molar-refractivity contribution in [3.8, 4) is 0 Å². The van der Waals surface area contributed by atoms with Gasteiger partial charge in [0.1, 0.15) is 0 Å². The van der Waals surface area contributed by atoms with Crippen LogP contribution in [0.2, 0.25) is 0 Å². The second-order valence-electron chi connectivity index (χ2n) is 7.39. The second kappa shape index (κ2) is 4.60. The van der Waals surface area contributed by atoms with E-state index in [0.29, 0.717) is 24.2 Å². The summed E-state index contributed by atoms with van der Waals surface area (Å²) in [4.78, 5) is 24.1. The van der Waals surface area contributed by atoms with E-state index in [9.17, 15) is 9.59 Å². The molecular formula is C16H25NO2. The summed E-state index contributed by atoms with van der Waals surface area (Å²) in [6, 6.07) is 0. The smallest absolute Gasteiger partial charge is 0.230 e. The summed E-state index contributed by atoms with van der Waals surface area (Å²) in [7, 11) is 0. The molecule has 1 saturated heterocycles. The third-order valence-corrected chi connectivity index (χ3v) is 5.87. The topological polar surface area (TPSA) is 46.2 Å². The van der Waals surface area contributed by atoms with Gasteiger partial charge < -0.3 is 0 Å². The standard InChI is InChI=1S/C16H25NO2/c1-10(2)12-7-16(8-12)9-13(18)17-15(19)14(16)11-5-3-4-6-11/h10-12,14H,3-9H2,1-2H3,(H,17,18,19). The molecule has 3 heteroatoms. The van der Waals surface area contributed by atoms with E-state index in [1.165, 1.54) is 25.7 Å². The molecule has 3 fully saturated rings. The predicted molar refractivity (Wildman–Crippen MR) is 73.2 cm³/mol. The summed E-state index contributed by atoms with van der Waals surface area (Å²) in [5, 5.41) is 2.60. The zero-order valence-electron chi connectivity index (χ0n) is 12.1. The fraction of sp³-hybridized carbons (Fsp3) is 0.875. The van der Waals surface area contributed by atoms with E-state index in [2.05, 4.69) is 19.2 Å². The number of carbonyl (C=O) groups is 2. The lowest BCUT2D eigenvalue weighted by atomic mass is 9.49. The van der Waals surface area contributed by atoms with Crippen LogP contribution in [0, 0.1) is 29.1 Å². The number of nitrogens with one attached hydrogen (secondary N) is 1. The van der Waals surface area contributed by atoms with Gasteiger partial charge in [-0.2, -0.15) is 0 Å². The van der Waals surface area contributed by atoms with Crippen molar-refractivity contribution >= 4 is 11.8 Å². The fourth-order valence-corrected chi connectivity index (χ4v) is 4.83. The molecule has 1 spiro atoms. The molecular weight excluding hydrogens is 238 g/mol. The Morgan fingerprint density at radius 2 is 1.79 bits per heavy atom. The first-order chi connectivity index (χ1) is 9.02. The summed E-state index contributed by atoms with van der Waals surface area (Å²) in [5.41, 5.74) is 0.0172. The molecule has 1 unspecified atom stereocenters. The summed E-state index contributed by atoms with van der Waals surface area (Å²) < 4.78 is 0. The number of rotatable bonds is 2. The van der Waals surface area contributed by atoms with Gasteiger partial charge in [-0.05, 0) is 48.9 Å². The van der Waals surface area contributed by atoms with Crippen LogP contribution in [-0.4, -0.2) is 11.8 Å². The Morgan fingerprint density at radius 3 is 2.37 bits per heavy atom. The molecule has 1 heterocycles. The largest absolute Gasteiger partial charge is 0.296 e. The van der Waals surface area contributed by atoms with E-state index < -0.39 is 0 Å². The molecule has 0 aromatic carbocycles. The summed E-state index contributed by atoms with van der Waals surface area (Å²) in [5.74, 6) is 2.02. The van der Waals surface area contributed by atoms with Gasteiger partial charge in [0.05, 0.1) is 0 Å². The van der Waals surface area contributed by atoms with Crippen LogP contribution in [-0.2, 0) is 9.59 Å². The number of hydrogen-bond donors (Lipinski definition) is 1. The Balaban J connectivity index is 1.81. The minimum atomic E-state index is -0.0403. The van der Waals surface area contributed by atoms with Crippen LogP contribution in [0.1, 0.15) is 58.8 Å². The Kier molecular flexibility index (Phi) is 3.18. The van der Waals surface area contributed by atoms with Gasteiger partial charge in [0.2, 0.25) is 11.8 Å². The number of piperidine rings is 1. The van der Waals surface area contributed by atoms with Crippen LogP contribution >= 0.6 is 0 Å². The van der Waals surface area contributed by atoms with Gasteiger partial charge in [0.25, 0.3) is 0 Å².